The number of ether oxygens (including phenoxy) is 2. The van der Waals surface area contributed by atoms with Gasteiger partial charge in [-0.1, -0.05) is 0 Å². The normalized spacial score (nSPS) is 26.5. The van der Waals surface area contributed by atoms with Crippen molar-refractivity contribution in [1.82, 2.24) is 4.72 Å². The maximum absolute atomic E-state index is 13.0. The van der Waals surface area contributed by atoms with Crippen molar-refractivity contribution in [3.05, 3.63) is 54.3 Å². The number of hydrogen-bond acceptors (Lipinski definition) is 6. The summed E-state index contributed by atoms with van der Waals surface area (Å²) >= 11 is 0. The molecule has 0 saturated carbocycles. The number of aliphatic carboxylic acids is 1. The van der Waals surface area contributed by atoms with Gasteiger partial charge in [0, 0.05) is 12.8 Å². The number of hydrogen-bond donors (Lipinski definition) is 4. The number of carboxylic acid groups (broad SMARTS) is 1. The van der Waals surface area contributed by atoms with Crippen LogP contribution in [0.1, 0.15) is 25.7 Å². The standard InChI is InChI=1S/C21H22FN3O7S/c22-13-1-5-15(6-2-13)31-16-7-3-14(4-8-16)24-33(29,30)25-20(19(27)28)11-17-9-10-21(12-20,32-17)18(23)26/h1-8,17,24-25H,9-12H2,(H2,23,26)(H,27,28). The van der Waals surface area contributed by atoms with Crippen LogP contribution in [0.25, 0.3) is 0 Å². The number of nitrogens with two attached hydrogens (primary N) is 1. The Kier molecular flexibility index (Phi) is 5.76. The average Bonchev–Trinajstić information content (AvgIpc) is 3.06. The van der Waals surface area contributed by atoms with Crippen molar-refractivity contribution in [2.24, 2.45) is 5.73 Å². The van der Waals surface area contributed by atoms with E-state index in [4.69, 9.17) is 15.2 Å². The minimum Gasteiger partial charge on any atom is -0.480 e. The Labute approximate surface area is 189 Å². The molecule has 2 fully saturated rings. The molecular weight excluding hydrogens is 457 g/mol. The number of carbonyl (C=O) groups is 2. The van der Waals surface area contributed by atoms with E-state index in [0.717, 1.165) is 0 Å². The van der Waals surface area contributed by atoms with Gasteiger partial charge < -0.3 is 20.3 Å². The molecule has 2 aliphatic heterocycles. The van der Waals surface area contributed by atoms with Gasteiger partial charge in [0.1, 0.15) is 28.5 Å². The third-order valence-corrected chi connectivity index (χ3v) is 6.93. The molecule has 0 radical (unpaired) electrons. The van der Waals surface area contributed by atoms with Crippen LogP contribution < -0.4 is 19.9 Å². The summed E-state index contributed by atoms with van der Waals surface area (Å²) in [6.07, 6.45) is -0.516. The fourth-order valence-electron chi connectivity index (χ4n) is 4.27. The lowest BCUT2D eigenvalue weighted by Gasteiger charge is -2.42. The first-order chi connectivity index (χ1) is 15.5. The first-order valence-electron chi connectivity index (χ1n) is 10.1. The molecule has 12 heteroatoms. The second-order valence-electron chi connectivity index (χ2n) is 8.19. The molecule has 2 bridgehead atoms. The average molecular weight is 479 g/mol. The molecule has 0 aliphatic carbocycles. The number of primary amides is 1. The molecular formula is C21H22FN3O7S. The van der Waals surface area contributed by atoms with E-state index in [1.807, 2.05) is 0 Å². The topological polar surface area (TPSA) is 157 Å². The van der Waals surface area contributed by atoms with Gasteiger partial charge in [-0.05, 0) is 61.4 Å². The maximum Gasteiger partial charge on any atom is 0.325 e. The van der Waals surface area contributed by atoms with Gasteiger partial charge in [0.2, 0.25) is 5.91 Å². The minimum atomic E-state index is -4.36. The van der Waals surface area contributed by atoms with Gasteiger partial charge in [-0.15, -0.1) is 0 Å². The van der Waals surface area contributed by atoms with Crippen LogP contribution >= 0.6 is 0 Å². The number of carbonyl (C=O) groups excluding carboxylic acids is 1. The molecule has 3 atom stereocenters. The highest BCUT2D eigenvalue weighted by Gasteiger charge is 2.60. The Hall–Kier alpha value is -3.22. The zero-order valence-corrected chi connectivity index (χ0v) is 18.1. The Balaban J connectivity index is 1.48. The van der Waals surface area contributed by atoms with Crippen molar-refractivity contribution in [3.8, 4) is 11.5 Å². The lowest BCUT2D eigenvalue weighted by molar-refractivity contribution is -0.167. The lowest BCUT2D eigenvalue weighted by Crippen LogP contribution is -2.65. The number of nitrogens with one attached hydrogen (secondary N) is 2. The van der Waals surface area contributed by atoms with Gasteiger partial charge in [-0.25, -0.2) is 4.39 Å². The largest absolute Gasteiger partial charge is 0.480 e. The molecule has 2 aromatic rings. The summed E-state index contributed by atoms with van der Waals surface area (Å²) in [6, 6.07) is 11.2. The Morgan fingerprint density at radius 1 is 1.12 bits per heavy atom. The van der Waals surface area contributed by atoms with Crippen LogP contribution in [-0.2, 0) is 24.5 Å². The zero-order chi connectivity index (χ0) is 23.9. The lowest BCUT2D eigenvalue weighted by atomic mass is 9.81. The smallest absolute Gasteiger partial charge is 0.325 e. The van der Waals surface area contributed by atoms with E-state index in [1.165, 1.54) is 48.5 Å². The predicted molar refractivity (Wildman–Crippen MR) is 114 cm³/mol. The summed E-state index contributed by atoms with van der Waals surface area (Å²) in [5, 5.41) is 9.87. The SMILES string of the molecule is NC(=O)C12CCC(CC(NS(=O)(=O)Nc3ccc(Oc4ccc(F)cc4)cc3)(C(=O)O)C1)O2. The second kappa shape index (κ2) is 8.28. The molecule has 176 valence electrons. The molecule has 2 aromatic carbocycles. The zero-order valence-electron chi connectivity index (χ0n) is 17.3. The number of amides is 1. The summed E-state index contributed by atoms with van der Waals surface area (Å²) < 4.78 is 54.2. The molecule has 3 unspecified atom stereocenters. The highest BCUT2D eigenvalue weighted by Crippen LogP contribution is 2.46. The Bertz CT molecular complexity index is 1170. The van der Waals surface area contributed by atoms with E-state index in [1.54, 1.807) is 0 Å². The minimum absolute atomic E-state index is 0.136. The fourth-order valence-corrected chi connectivity index (χ4v) is 5.53. The Morgan fingerprint density at radius 2 is 1.73 bits per heavy atom. The molecule has 10 nitrogen and oxygen atoms in total. The van der Waals surface area contributed by atoms with Crippen molar-refractivity contribution >= 4 is 27.8 Å². The van der Waals surface area contributed by atoms with Gasteiger partial charge in [-0.3, -0.25) is 14.3 Å². The molecule has 2 saturated heterocycles. The third kappa shape index (κ3) is 4.77. The molecule has 2 aliphatic rings. The molecule has 5 N–H and O–H groups in total. The quantitative estimate of drug-likeness (QED) is 0.450. The molecule has 0 aromatic heterocycles. The van der Waals surface area contributed by atoms with Crippen molar-refractivity contribution < 1.29 is 37.0 Å². The van der Waals surface area contributed by atoms with E-state index < -0.39 is 51.6 Å². The number of halogens is 1. The van der Waals surface area contributed by atoms with Crippen LogP contribution in [0.15, 0.2) is 48.5 Å². The van der Waals surface area contributed by atoms with Crippen molar-refractivity contribution in [2.75, 3.05) is 4.72 Å². The monoisotopic (exact) mass is 479 g/mol. The van der Waals surface area contributed by atoms with Gasteiger partial charge in [0.05, 0.1) is 11.8 Å². The van der Waals surface area contributed by atoms with Crippen LogP contribution in [-0.4, -0.2) is 42.6 Å². The fraction of sp³-hybridized carbons (Fsp3) is 0.333. The summed E-state index contributed by atoms with van der Waals surface area (Å²) in [5.41, 5.74) is 2.11. The summed E-state index contributed by atoms with van der Waals surface area (Å²) in [6.45, 7) is 0. The molecule has 33 heavy (non-hydrogen) atoms. The molecule has 2 heterocycles. The highest BCUT2D eigenvalue weighted by atomic mass is 32.2. The third-order valence-electron chi connectivity index (χ3n) is 5.77. The molecule has 4 rings (SSSR count). The number of carboxylic acids is 1. The number of rotatable bonds is 8. The predicted octanol–water partition coefficient (Wildman–Crippen LogP) is 1.88. The van der Waals surface area contributed by atoms with E-state index in [-0.39, 0.29) is 18.5 Å². The number of fused-ring (bicyclic) bond motifs is 2. The van der Waals surface area contributed by atoms with E-state index >= 15 is 0 Å². The van der Waals surface area contributed by atoms with E-state index in [0.29, 0.717) is 17.9 Å². The van der Waals surface area contributed by atoms with Crippen molar-refractivity contribution in [3.63, 3.8) is 0 Å². The van der Waals surface area contributed by atoms with Gasteiger partial charge in [0.15, 0.2) is 0 Å². The summed E-state index contributed by atoms with van der Waals surface area (Å²) in [7, 11) is -4.36. The summed E-state index contributed by atoms with van der Waals surface area (Å²) in [4.78, 5) is 24.1. The molecule has 1 amide bonds. The Morgan fingerprint density at radius 3 is 2.30 bits per heavy atom. The van der Waals surface area contributed by atoms with Crippen molar-refractivity contribution in [2.45, 2.75) is 42.9 Å². The van der Waals surface area contributed by atoms with Crippen LogP contribution in [0.4, 0.5) is 10.1 Å². The summed E-state index contributed by atoms with van der Waals surface area (Å²) in [5.74, 6) is -1.87. The second-order valence-corrected chi connectivity index (χ2v) is 9.61. The van der Waals surface area contributed by atoms with Crippen molar-refractivity contribution in [1.29, 1.82) is 0 Å². The van der Waals surface area contributed by atoms with E-state index in [9.17, 15) is 27.5 Å². The number of benzene rings is 2. The van der Waals surface area contributed by atoms with Crippen LogP contribution in [0.5, 0.6) is 11.5 Å². The van der Waals surface area contributed by atoms with Crippen LogP contribution in [0, 0.1) is 5.82 Å². The molecule has 0 spiro atoms. The first-order valence-corrected chi connectivity index (χ1v) is 11.6. The van der Waals surface area contributed by atoms with E-state index in [2.05, 4.69) is 9.44 Å². The first kappa shape index (κ1) is 23.0. The van der Waals surface area contributed by atoms with Gasteiger partial charge in [-0.2, -0.15) is 13.1 Å². The van der Waals surface area contributed by atoms with Gasteiger partial charge in [0.25, 0.3) is 10.2 Å². The maximum atomic E-state index is 13.0. The van der Waals surface area contributed by atoms with Crippen LogP contribution in [0.2, 0.25) is 0 Å². The number of anilines is 1. The van der Waals surface area contributed by atoms with Gasteiger partial charge >= 0.3 is 5.97 Å². The van der Waals surface area contributed by atoms with Crippen LogP contribution in [0.3, 0.4) is 0 Å². The highest BCUT2D eigenvalue weighted by molar-refractivity contribution is 7.90.